The molecule has 0 aliphatic heterocycles. The highest BCUT2D eigenvalue weighted by Gasteiger charge is 2.10. The number of carbonyl (C=O) groups is 1. The molecule has 1 unspecified atom stereocenters. The molecule has 0 aliphatic carbocycles. The molecule has 0 radical (unpaired) electrons. The number of primary amides is 1. The minimum Gasteiger partial charge on any atom is -0.493 e. The zero-order chi connectivity index (χ0) is 12.8. The Hall–Kier alpha value is -1.62. The van der Waals surface area contributed by atoms with Crippen LogP contribution in [0.4, 0.5) is 4.39 Å². The fourth-order valence-electron chi connectivity index (χ4n) is 1.31. The number of nitrogens with one attached hydrogen (secondary N) is 1. The summed E-state index contributed by atoms with van der Waals surface area (Å²) < 4.78 is 18.6. The highest BCUT2D eigenvalue weighted by atomic mass is 19.1. The van der Waals surface area contributed by atoms with Crippen molar-refractivity contribution in [2.24, 2.45) is 11.7 Å². The van der Waals surface area contributed by atoms with Crippen molar-refractivity contribution in [1.29, 1.82) is 0 Å². The Morgan fingerprint density at radius 2 is 2.24 bits per heavy atom. The minimum absolute atomic E-state index is 0.151. The fourth-order valence-corrected chi connectivity index (χ4v) is 1.31. The second-order valence-electron chi connectivity index (χ2n) is 3.94. The van der Waals surface area contributed by atoms with E-state index >= 15 is 0 Å². The van der Waals surface area contributed by atoms with Gasteiger partial charge in [-0.2, -0.15) is 0 Å². The van der Waals surface area contributed by atoms with Gasteiger partial charge in [0.2, 0.25) is 5.91 Å². The Labute approximate surface area is 100.0 Å². The van der Waals surface area contributed by atoms with Crippen molar-refractivity contribution in [3.8, 4) is 5.75 Å². The standard InChI is InChI=1S/C12H17FN2O2/c1-8(12(14)16)7-17-11-4-9(6-15-2)3-10(13)5-11/h3-5,8,15H,6-7H2,1-2H3,(H2,14,16). The molecule has 0 spiro atoms. The Morgan fingerprint density at radius 3 is 2.82 bits per heavy atom. The summed E-state index contributed by atoms with van der Waals surface area (Å²) in [6.07, 6.45) is 0. The van der Waals surface area contributed by atoms with E-state index in [9.17, 15) is 9.18 Å². The fraction of sp³-hybridized carbons (Fsp3) is 0.417. The van der Waals surface area contributed by atoms with Crippen LogP contribution < -0.4 is 15.8 Å². The highest BCUT2D eigenvalue weighted by Crippen LogP contribution is 2.17. The molecule has 0 aliphatic rings. The number of hydrogen-bond donors (Lipinski definition) is 2. The van der Waals surface area contributed by atoms with Crippen LogP contribution >= 0.6 is 0 Å². The third-order valence-electron chi connectivity index (χ3n) is 2.30. The van der Waals surface area contributed by atoms with E-state index in [-0.39, 0.29) is 12.4 Å². The van der Waals surface area contributed by atoms with Crippen LogP contribution in [0.3, 0.4) is 0 Å². The Bertz CT molecular complexity index is 396. The molecule has 0 saturated heterocycles. The SMILES string of the molecule is CNCc1cc(F)cc(OCC(C)C(N)=O)c1. The molecule has 5 heteroatoms. The van der Waals surface area contributed by atoms with Crippen LogP contribution in [0.15, 0.2) is 18.2 Å². The van der Waals surface area contributed by atoms with Crippen molar-refractivity contribution in [2.45, 2.75) is 13.5 Å². The van der Waals surface area contributed by atoms with Gasteiger partial charge in [0.25, 0.3) is 0 Å². The molecule has 0 bridgehead atoms. The van der Waals surface area contributed by atoms with Crippen LogP contribution in [0.1, 0.15) is 12.5 Å². The van der Waals surface area contributed by atoms with Crippen LogP contribution in [0.25, 0.3) is 0 Å². The van der Waals surface area contributed by atoms with Gasteiger partial charge in [-0.15, -0.1) is 0 Å². The maximum atomic E-state index is 13.2. The van der Waals surface area contributed by atoms with Crippen LogP contribution in [0.5, 0.6) is 5.75 Å². The second-order valence-corrected chi connectivity index (χ2v) is 3.94. The van der Waals surface area contributed by atoms with Crippen molar-refractivity contribution in [1.82, 2.24) is 5.32 Å². The Morgan fingerprint density at radius 1 is 1.53 bits per heavy atom. The number of ether oxygens (including phenoxy) is 1. The lowest BCUT2D eigenvalue weighted by Crippen LogP contribution is -2.25. The first kappa shape index (κ1) is 13.4. The van der Waals surface area contributed by atoms with E-state index in [1.807, 2.05) is 0 Å². The van der Waals surface area contributed by atoms with Crippen molar-refractivity contribution >= 4 is 5.91 Å². The Kier molecular flexibility index (Phi) is 4.90. The summed E-state index contributed by atoms with van der Waals surface area (Å²) in [5.74, 6) is -0.786. The molecule has 1 amide bonds. The van der Waals surface area contributed by atoms with Crippen LogP contribution in [-0.2, 0) is 11.3 Å². The van der Waals surface area contributed by atoms with Gasteiger partial charge in [-0.1, -0.05) is 6.92 Å². The number of benzene rings is 1. The van der Waals surface area contributed by atoms with E-state index in [1.165, 1.54) is 12.1 Å². The van der Waals surface area contributed by atoms with Crippen molar-refractivity contribution in [3.63, 3.8) is 0 Å². The third-order valence-corrected chi connectivity index (χ3v) is 2.30. The zero-order valence-electron chi connectivity index (χ0n) is 10.00. The van der Waals surface area contributed by atoms with Crippen LogP contribution in [0, 0.1) is 11.7 Å². The smallest absolute Gasteiger partial charge is 0.223 e. The molecule has 17 heavy (non-hydrogen) atoms. The second kappa shape index (κ2) is 6.20. The lowest BCUT2D eigenvalue weighted by atomic mass is 10.2. The van der Waals surface area contributed by atoms with E-state index in [0.29, 0.717) is 12.3 Å². The van der Waals surface area contributed by atoms with Gasteiger partial charge >= 0.3 is 0 Å². The summed E-state index contributed by atoms with van der Waals surface area (Å²) in [7, 11) is 1.78. The predicted molar refractivity (Wildman–Crippen MR) is 63.0 cm³/mol. The van der Waals surface area contributed by atoms with Gasteiger partial charge < -0.3 is 15.8 Å². The zero-order valence-corrected chi connectivity index (χ0v) is 10.00. The first-order valence-corrected chi connectivity index (χ1v) is 5.39. The number of halogens is 1. The van der Waals surface area contributed by atoms with Gasteiger partial charge in [0, 0.05) is 12.6 Å². The third kappa shape index (κ3) is 4.40. The molecule has 0 saturated carbocycles. The Balaban J connectivity index is 2.67. The number of hydrogen-bond acceptors (Lipinski definition) is 3. The van der Waals surface area contributed by atoms with Crippen LogP contribution in [-0.4, -0.2) is 19.6 Å². The van der Waals surface area contributed by atoms with E-state index in [2.05, 4.69) is 5.32 Å². The number of nitrogens with two attached hydrogens (primary N) is 1. The van der Waals surface area contributed by atoms with Crippen molar-refractivity contribution in [3.05, 3.63) is 29.6 Å². The summed E-state index contributed by atoms with van der Waals surface area (Å²) in [4.78, 5) is 10.8. The molecule has 3 N–H and O–H groups in total. The van der Waals surface area contributed by atoms with E-state index in [4.69, 9.17) is 10.5 Å². The quantitative estimate of drug-likeness (QED) is 0.781. The number of amides is 1. The van der Waals surface area contributed by atoms with Gasteiger partial charge in [0.15, 0.2) is 0 Å². The average molecular weight is 240 g/mol. The van der Waals surface area contributed by atoms with Crippen molar-refractivity contribution in [2.75, 3.05) is 13.7 Å². The van der Waals surface area contributed by atoms with Crippen LogP contribution in [0.2, 0.25) is 0 Å². The summed E-state index contributed by atoms with van der Waals surface area (Å²) >= 11 is 0. The van der Waals surface area contributed by atoms with Gasteiger partial charge in [0.05, 0.1) is 12.5 Å². The number of carbonyl (C=O) groups excluding carboxylic acids is 1. The summed E-state index contributed by atoms with van der Waals surface area (Å²) in [6, 6.07) is 4.45. The molecule has 4 nitrogen and oxygen atoms in total. The highest BCUT2D eigenvalue weighted by molar-refractivity contribution is 5.76. The molecule has 0 fully saturated rings. The lowest BCUT2D eigenvalue weighted by Gasteiger charge is -2.11. The van der Waals surface area contributed by atoms with Gasteiger partial charge in [-0.3, -0.25) is 4.79 Å². The largest absolute Gasteiger partial charge is 0.493 e. The predicted octanol–water partition coefficient (Wildman–Crippen LogP) is 1.05. The lowest BCUT2D eigenvalue weighted by molar-refractivity contribution is -0.122. The molecule has 1 aromatic carbocycles. The molecular formula is C12H17FN2O2. The van der Waals surface area contributed by atoms with E-state index in [0.717, 1.165) is 5.56 Å². The monoisotopic (exact) mass is 240 g/mol. The summed E-state index contributed by atoms with van der Waals surface area (Å²) in [5, 5.41) is 2.93. The molecule has 0 heterocycles. The topological polar surface area (TPSA) is 64.3 Å². The minimum atomic E-state index is -0.433. The van der Waals surface area contributed by atoms with Gasteiger partial charge in [-0.05, 0) is 24.7 Å². The summed E-state index contributed by atoms with van der Waals surface area (Å²) in [5.41, 5.74) is 5.89. The molecule has 0 aromatic heterocycles. The normalized spacial score (nSPS) is 12.2. The molecule has 1 aromatic rings. The molecular weight excluding hydrogens is 223 g/mol. The van der Waals surface area contributed by atoms with Gasteiger partial charge in [-0.25, -0.2) is 4.39 Å². The maximum Gasteiger partial charge on any atom is 0.223 e. The maximum absolute atomic E-state index is 13.2. The van der Waals surface area contributed by atoms with Gasteiger partial charge in [0.1, 0.15) is 11.6 Å². The molecule has 94 valence electrons. The van der Waals surface area contributed by atoms with Crippen molar-refractivity contribution < 1.29 is 13.9 Å². The van der Waals surface area contributed by atoms with E-state index in [1.54, 1.807) is 20.0 Å². The first-order valence-electron chi connectivity index (χ1n) is 5.39. The molecule has 1 atom stereocenters. The first-order chi connectivity index (χ1) is 8.02. The average Bonchev–Trinajstić information content (AvgIpc) is 2.25. The summed E-state index contributed by atoms with van der Waals surface area (Å²) in [6.45, 7) is 2.37. The van der Waals surface area contributed by atoms with E-state index < -0.39 is 11.8 Å². The number of rotatable bonds is 6. The molecule has 1 rings (SSSR count).